The summed E-state index contributed by atoms with van der Waals surface area (Å²) in [5.41, 5.74) is 11.1. The number of nitrogens with two attached hydrogens (primary N) is 1. The number of ketones is 3. The highest BCUT2D eigenvalue weighted by molar-refractivity contribution is 6.04. The smallest absolute Gasteiger partial charge is 0.411 e. The Morgan fingerprint density at radius 3 is 1.96 bits per heavy atom. The summed E-state index contributed by atoms with van der Waals surface area (Å²) in [7, 11) is 1.87. The van der Waals surface area contributed by atoms with Crippen molar-refractivity contribution in [3.05, 3.63) is 143 Å². The summed E-state index contributed by atoms with van der Waals surface area (Å²) in [4.78, 5) is 151. The lowest BCUT2D eigenvalue weighted by molar-refractivity contribution is -0.234. The number of para-hydroxylation sites is 1. The third kappa shape index (κ3) is 29.5. The van der Waals surface area contributed by atoms with Crippen LogP contribution in [0.15, 0.2) is 121 Å². The summed E-state index contributed by atoms with van der Waals surface area (Å²) < 4.78 is 98.6. The first-order valence-electron chi connectivity index (χ1n) is 49.3. The molecule has 43 heteroatoms. The van der Waals surface area contributed by atoms with Gasteiger partial charge in [0.2, 0.25) is 41.2 Å². The lowest BCUT2D eigenvalue weighted by atomic mass is 9.44. The molecule has 4 fully saturated rings. The molecule has 9 amide bonds. The highest BCUT2D eigenvalue weighted by atomic mass is 19.1. The zero-order valence-corrected chi connectivity index (χ0v) is 82.4. The van der Waals surface area contributed by atoms with Gasteiger partial charge in [0, 0.05) is 103 Å². The normalized spacial score (nSPS) is 23.2. The van der Waals surface area contributed by atoms with E-state index in [1.54, 1.807) is 37.8 Å². The van der Waals surface area contributed by atoms with Crippen molar-refractivity contribution < 1.29 is 144 Å². The number of nitrogens with one attached hydrogen (secondary N) is 10. The van der Waals surface area contributed by atoms with Crippen LogP contribution in [-0.4, -0.2) is 318 Å². The first-order chi connectivity index (χ1) is 69.2. The van der Waals surface area contributed by atoms with Gasteiger partial charge in [0.05, 0.1) is 154 Å². The van der Waals surface area contributed by atoms with E-state index in [2.05, 4.69) is 53.5 Å². The largest absolute Gasteiger partial charge is 0.486 e. The van der Waals surface area contributed by atoms with Crippen molar-refractivity contribution in [2.45, 2.75) is 204 Å². The van der Waals surface area contributed by atoms with Crippen molar-refractivity contribution in [2.75, 3.05) is 161 Å². The molecular weight excluding hydrogens is 1880 g/mol. The summed E-state index contributed by atoms with van der Waals surface area (Å²) in [6.45, 7) is 11.8. The number of amides is 9. The van der Waals surface area contributed by atoms with Crippen molar-refractivity contribution in [3.8, 4) is 5.75 Å². The molecule has 0 spiro atoms. The number of allylic oxidation sites excluding steroid dienone is 4. The summed E-state index contributed by atoms with van der Waals surface area (Å²) in [6.07, 6.45) is -10.6. The number of fused-ring (bicyclic) bond motifs is 11. The van der Waals surface area contributed by atoms with E-state index in [0.29, 0.717) is 70.3 Å². The number of ether oxygens (including phenoxy) is 11. The molecule has 1 saturated heterocycles. The summed E-state index contributed by atoms with van der Waals surface area (Å²) in [6, 6.07) is 24.2. The maximum Gasteiger partial charge on any atom is 0.411 e. The second kappa shape index (κ2) is 55.0. The van der Waals surface area contributed by atoms with Gasteiger partial charge in [0.25, 0.3) is 0 Å². The van der Waals surface area contributed by atoms with E-state index in [4.69, 9.17) is 57.8 Å². The third-order valence-corrected chi connectivity index (χ3v) is 27.3. The number of urea groups is 1. The van der Waals surface area contributed by atoms with Crippen molar-refractivity contribution in [1.82, 2.24) is 47.9 Å². The highest BCUT2D eigenvalue weighted by Gasteiger charge is 2.80. The number of hydrogen-bond donors (Lipinski definition) is 17. The van der Waals surface area contributed by atoms with Gasteiger partial charge in [0.1, 0.15) is 49.5 Å². The van der Waals surface area contributed by atoms with E-state index < -0.39 is 193 Å². The average Bonchev–Trinajstić information content (AvgIpc) is 1.46. The van der Waals surface area contributed by atoms with Gasteiger partial charge in [-0.1, -0.05) is 94.8 Å². The van der Waals surface area contributed by atoms with Crippen molar-refractivity contribution >= 4 is 93.4 Å². The van der Waals surface area contributed by atoms with Crippen LogP contribution in [-0.2, 0) is 104 Å². The molecule has 4 aromatic carbocycles. The Bertz CT molecular complexity index is 5070. The Balaban J connectivity index is 0.590. The molecule has 11 rings (SSSR count). The molecule has 7 aliphatic rings. The number of nitrogens with zero attached hydrogens (tertiary/aromatic N) is 2. The lowest BCUT2D eigenvalue weighted by Crippen LogP contribution is -2.71. The van der Waals surface area contributed by atoms with Crippen LogP contribution < -0.4 is 68.9 Å². The van der Waals surface area contributed by atoms with E-state index in [1.165, 1.54) is 55.5 Å². The van der Waals surface area contributed by atoms with E-state index in [-0.39, 0.29) is 171 Å². The van der Waals surface area contributed by atoms with Crippen LogP contribution in [0.2, 0.25) is 0 Å². The first kappa shape index (κ1) is 113. The fourth-order valence-corrected chi connectivity index (χ4v) is 19.7. The molecule has 4 aromatic rings. The van der Waals surface area contributed by atoms with Gasteiger partial charge in [-0.05, 0) is 142 Å². The average molecular weight is 2020 g/mol. The van der Waals surface area contributed by atoms with Gasteiger partial charge < -0.3 is 136 Å². The number of aliphatic hydroxyl groups excluding tert-OH is 6. The Hall–Kier alpha value is -11.0. The van der Waals surface area contributed by atoms with Crippen LogP contribution in [0.4, 0.5) is 35.4 Å². The lowest BCUT2D eigenvalue weighted by Gasteiger charge is -2.63. The number of Topliss-reactive ketones (excluding diaryl/α,β-unsaturated/α-hetero) is 2. The monoisotopic (exact) mass is 2020 g/mol. The molecule has 792 valence electrons. The molecule has 144 heavy (non-hydrogen) atoms. The number of hydrogen-bond acceptors (Lipinski definition) is 32. The van der Waals surface area contributed by atoms with Gasteiger partial charge in [-0.3, -0.25) is 53.5 Å². The molecular formula is C101H141F2N13O28. The fourth-order valence-electron chi connectivity index (χ4n) is 19.7. The number of carbonyl (C=O) groups excluding carboxylic acids is 11. The van der Waals surface area contributed by atoms with Crippen molar-refractivity contribution in [3.63, 3.8) is 0 Å². The molecule has 0 radical (unpaired) electrons. The number of rotatable bonds is 61. The van der Waals surface area contributed by atoms with Crippen LogP contribution in [0.3, 0.4) is 0 Å². The number of carbonyl (C=O) groups is 11. The molecule has 4 aliphatic carbocycles. The molecule has 0 aromatic heterocycles. The zero-order valence-electron chi connectivity index (χ0n) is 82.4. The maximum absolute atomic E-state index is 18.1. The zero-order chi connectivity index (χ0) is 104. The number of likely N-dealkylation sites (N-methyl/N-ethyl adjacent to an activating group) is 1. The number of alkyl halides is 2. The molecule has 3 aliphatic heterocycles. The number of hydrazine groups is 2. The molecule has 3 saturated carbocycles. The second-order valence-corrected chi connectivity index (χ2v) is 37.5. The predicted octanol–water partition coefficient (Wildman–Crippen LogP) is 3.83. The standard InChI is InChI=1S/C101H141F2N13O28/c1-7-13-88-143-83-55-72-73-54-75(102)74-53-68(118)31-33-98(74,4)100(73,103)81(122)56-99(72,5)101(83,144-88)82(123)61-141-69-25-23-67(24-26-69)110-97(133)142-60-63-19-21-66(22-20-63)109-94(130)64(15-12-34-107-96(104)132)52-78(119)89(62(2)3)112-95(131)76(27-28-85(125)108-57-79(120)92(128)93(129)80(121)59-117)111-86(126)32-38-134-42-46-138-50-51-140-48-44-136-40-36-106-84(124)29-30-87(127)115-58-65-14-8-9-16-70(65)91-90(71-17-10-11-18-77(71)115)113-114-116(91)37-41-137-45-49-139-47-43-135-39-35-105-6/h8-11,14,16-26,31,33,53,62,64,72-73,75-76,79-81,83,88-89,92-93,105,113-114,117,120-122,128-129H,7,12-13,15,27-30,32,34-52,54-61H2,1-6H3,(H,106,124)(H,108,125)(H,109,130)(H,110,133)(H,111,126)(H,112,131)(H3,104,107,132)/t64-,72+,73+,75+,76-,79+,80-,81+,83-,88?,89+,92-,93-,98+,99+,100+,101-/m1/s1. The van der Waals surface area contributed by atoms with Crippen LogP contribution in [0.5, 0.6) is 5.75 Å². The van der Waals surface area contributed by atoms with E-state index >= 15 is 8.78 Å². The Morgan fingerprint density at radius 2 is 1.29 bits per heavy atom. The van der Waals surface area contributed by atoms with Gasteiger partial charge in [-0.2, -0.15) is 0 Å². The second-order valence-electron chi connectivity index (χ2n) is 37.5. The van der Waals surface area contributed by atoms with Crippen LogP contribution >= 0.6 is 0 Å². The SMILES string of the molecule is CCCC1O[C@@H]2C[C@H]3[C@@H]4C[C@H](F)C5=CC(=O)C=C[C@]5(C)[C@@]4(F)[C@@H](O)C[C@]3(C)[C@]2(C(=O)COc2ccc(NC(=O)OCc3ccc(NC(=O)[C@H](CCCNC(N)=O)CC(=O)[C@@H](NC(=O)[C@@H](CCC(=O)NC[C@H](O)[C@@H](O)[C@H](O)[C@H](O)CO)NC(=O)CCOCCOCCOCCOCCNC(=O)CCC(=O)N4Cc5ccccc5C5=C(NNN5CCOCCOCCOCCNC)c5ccccc54)C(C)C)cc3)cc2)O1. The number of anilines is 3. The van der Waals surface area contributed by atoms with Gasteiger partial charge in [-0.15, -0.1) is 5.53 Å². The quantitative estimate of drug-likeness (QED) is 0.0279. The highest BCUT2D eigenvalue weighted by Crippen LogP contribution is 2.72. The molecule has 0 bridgehead atoms. The molecule has 3 heterocycles. The van der Waals surface area contributed by atoms with Gasteiger partial charge >= 0.3 is 12.1 Å². The van der Waals surface area contributed by atoms with Gasteiger partial charge in [-0.25, -0.2) is 18.4 Å². The number of aliphatic hydroxyl groups is 6. The van der Waals surface area contributed by atoms with Crippen molar-refractivity contribution in [1.29, 1.82) is 0 Å². The molecule has 41 nitrogen and oxygen atoms in total. The van der Waals surface area contributed by atoms with E-state index in [1.807, 2.05) is 67.5 Å². The van der Waals surface area contributed by atoms with Crippen LogP contribution in [0, 0.1) is 34.5 Å². The van der Waals surface area contributed by atoms with E-state index in [0.717, 1.165) is 40.7 Å². The number of primary amides is 1. The van der Waals surface area contributed by atoms with Gasteiger partial charge in [0.15, 0.2) is 29.1 Å². The topological polar surface area (TPSA) is 563 Å². The third-order valence-electron chi connectivity index (χ3n) is 27.3. The Labute approximate surface area is 835 Å². The van der Waals surface area contributed by atoms with Crippen LogP contribution in [0.1, 0.15) is 140 Å². The van der Waals surface area contributed by atoms with Crippen LogP contribution in [0.25, 0.3) is 11.4 Å². The minimum Gasteiger partial charge on any atom is -0.486 e. The summed E-state index contributed by atoms with van der Waals surface area (Å²) in [5, 5.41) is 85.3. The maximum atomic E-state index is 18.1. The van der Waals surface area contributed by atoms with E-state index in [9.17, 15) is 83.4 Å². The Kier molecular flexibility index (Phi) is 43.3. The number of benzene rings is 4. The predicted molar refractivity (Wildman–Crippen MR) is 520 cm³/mol. The molecule has 17 atom stereocenters. The number of halogens is 2. The van der Waals surface area contributed by atoms with Crippen molar-refractivity contribution in [2.24, 2.45) is 40.2 Å². The summed E-state index contributed by atoms with van der Waals surface area (Å²) >= 11 is 0. The summed E-state index contributed by atoms with van der Waals surface area (Å²) in [5.74, 6) is -8.35. The Morgan fingerprint density at radius 1 is 0.667 bits per heavy atom. The minimum absolute atomic E-state index is 0.0171. The molecule has 1 unspecified atom stereocenters. The fraction of sp³-hybridized carbons (Fsp3) is 0.594. The first-order valence-corrected chi connectivity index (χ1v) is 49.3. The molecule has 18 N–H and O–H groups in total. The minimum atomic E-state index is -2.38.